The predicted molar refractivity (Wildman–Crippen MR) is 100 cm³/mol. The molecule has 0 heterocycles. The summed E-state index contributed by atoms with van der Waals surface area (Å²) in [6, 6.07) is 16.0. The molecular weight excluding hydrogens is 322 g/mol. The number of aliphatic imine (C=N–C) groups is 1. The number of hydrogen-bond donors (Lipinski definition) is 2. The smallest absolute Gasteiger partial charge is 0.191 e. The molecule has 24 heavy (non-hydrogen) atoms. The number of nitrogens with one attached hydrogen (secondary N) is 2. The van der Waals surface area contributed by atoms with E-state index in [1.54, 1.807) is 7.05 Å². The van der Waals surface area contributed by atoms with Crippen LogP contribution in [-0.2, 0) is 24.4 Å². The Bertz CT molecular complexity index is 673. The third-order valence-electron chi connectivity index (χ3n) is 3.65. The van der Waals surface area contributed by atoms with Gasteiger partial charge < -0.3 is 15.4 Å². The van der Waals surface area contributed by atoms with E-state index < -0.39 is 0 Å². The lowest BCUT2D eigenvalue weighted by molar-refractivity contribution is 0.133. The van der Waals surface area contributed by atoms with Gasteiger partial charge in [-0.1, -0.05) is 54.1 Å². The highest BCUT2D eigenvalue weighted by atomic mass is 35.5. The molecule has 0 saturated heterocycles. The van der Waals surface area contributed by atoms with Crippen LogP contribution >= 0.6 is 11.6 Å². The third-order valence-corrected chi connectivity index (χ3v) is 4.02. The van der Waals surface area contributed by atoms with Gasteiger partial charge >= 0.3 is 0 Å². The van der Waals surface area contributed by atoms with Crippen molar-refractivity contribution in [3.05, 3.63) is 70.2 Å². The lowest BCUT2D eigenvalue weighted by Gasteiger charge is -2.14. The first-order valence-corrected chi connectivity index (χ1v) is 8.44. The van der Waals surface area contributed by atoms with Gasteiger partial charge in [0.15, 0.2) is 5.96 Å². The van der Waals surface area contributed by atoms with Crippen LogP contribution in [0.1, 0.15) is 23.6 Å². The van der Waals surface area contributed by atoms with E-state index in [0.29, 0.717) is 26.3 Å². The van der Waals surface area contributed by atoms with Gasteiger partial charge in [0.25, 0.3) is 0 Å². The van der Waals surface area contributed by atoms with Gasteiger partial charge in [-0.3, -0.25) is 4.99 Å². The van der Waals surface area contributed by atoms with E-state index >= 15 is 0 Å². The Balaban J connectivity index is 1.91. The predicted octanol–water partition coefficient (Wildman–Crippen LogP) is 3.74. The van der Waals surface area contributed by atoms with Crippen molar-refractivity contribution in [1.82, 2.24) is 10.6 Å². The van der Waals surface area contributed by atoms with Crippen LogP contribution < -0.4 is 10.6 Å². The van der Waals surface area contributed by atoms with Gasteiger partial charge in [0.1, 0.15) is 0 Å². The van der Waals surface area contributed by atoms with Gasteiger partial charge in [-0.2, -0.15) is 0 Å². The van der Waals surface area contributed by atoms with Gasteiger partial charge in [0, 0.05) is 31.8 Å². The third kappa shape index (κ3) is 5.55. The topological polar surface area (TPSA) is 45.6 Å². The number of guanidine groups is 1. The average molecular weight is 346 g/mol. The van der Waals surface area contributed by atoms with Gasteiger partial charge in [0.05, 0.1) is 6.61 Å². The van der Waals surface area contributed by atoms with E-state index in [2.05, 4.69) is 27.8 Å². The SMILES string of the molecule is CCOCc1ccccc1CNC(=NC)NCc1ccccc1Cl. The first-order chi connectivity index (χ1) is 11.7. The number of nitrogens with zero attached hydrogens (tertiary/aromatic N) is 1. The average Bonchev–Trinajstić information content (AvgIpc) is 2.62. The summed E-state index contributed by atoms with van der Waals surface area (Å²) in [6.45, 7) is 4.65. The van der Waals surface area contributed by atoms with E-state index in [1.807, 2.05) is 43.3 Å². The van der Waals surface area contributed by atoms with Crippen LogP contribution in [0.4, 0.5) is 0 Å². The molecule has 0 unspecified atom stereocenters. The van der Waals surface area contributed by atoms with Crippen LogP contribution in [0.25, 0.3) is 0 Å². The molecule has 2 rings (SSSR count). The fourth-order valence-electron chi connectivity index (χ4n) is 2.30. The maximum atomic E-state index is 6.18. The van der Waals surface area contributed by atoms with E-state index in [-0.39, 0.29) is 0 Å². The van der Waals surface area contributed by atoms with E-state index in [4.69, 9.17) is 16.3 Å². The molecular formula is C19H24ClN3O. The molecule has 2 aromatic carbocycles. The van der Waals surface area contributed by atoms with Crippen molar-refractivity contribution in [2.24, 2.45) is 4.99 Å². The zero-order valence-electron chi connectivity index (χ0n) is 14.2. The fourth-order valence-corrected chi connectivity index (χ4v) is 2.51. The number of benzene rings is 2. The summed E-state index contributed by atoms with van der Waals surface area (Å²) in [5, 5.41) is 7.37. The number of hydrogen-bond acceptors (Lipinski definition) is 2. The molecule has 0 spiro atoms. The molecule has 0 aliphatic rings. The largest absolute Gasteiger partial charge is 0.377 e. The Morgan fingerprint density at radius 3 is 2.17 bits per heavy atom. The molecule has 4 nitrogen and oxygen atoms in total. The lowest BCUT2D eigenvalue weighted by Crippen LogP contribution is -2.36. The molecule has 0 radical (unpaired) electrons. The van der Waals surface area contributed by atoms with Crippen molar-refractivity contribution in [3.63, 3.8) is 0 Å². The monoisotopic (exact) mass is 345 g/mol. The van der Waals surface area contributed by atoms with Crippen LogP contribution in [0.15, 0.2) is 53.5 Å². The van der Waals surface area contributed by atoms with Crippen LogP contribution in [0.2, 0.25) is 5.02 Å². The molecule has 0 aliphatic heterocycles. The minimum atomic E-state index is 0.625. The van der Waals surface area contributed by atoms with E-state index in [1.165, 1.54) is 11.1 Å². The van der Waals surface area contributed by atoms with Gasteiger partial charge in [0.2, 0.25) is 0 Å². The van der Waals surface area contributed by atoms with Crippen molar-refractivity contribution >= 4 is 17.6 Å². The quantitative estimate of drug-likeness (QED) is 0.593. The minimum absolute atomic E-state index is 0.625. The minimum Gasteiger partial charge on any atom is -0.377 e. The molecule has 2 N–H and O–H groups in total. The van der Waals surface area contributed by atoms with Crippen LogP contribution in [0, 0.1) is 0 Å². The van der Waals surface area contributed by atoms with Gasteiger partial charge in [-0.05, 0) is 29.7 Å². The maximum Gasteiger partial charge on any atom is 0.191 e. The summed E-state index contributed by atoms with van der Waals surface area (Å²) >= 11 is 6.18. The van der Waals surface area contributed by atoms with Crippen molar-refractivity contribution in [1.29, 1.82) is 0 Å². The summed E-state index contributed by atoms with van der Waals surface area (Å²) in [4.78, 5) is 4.26. The highest BCUT2D eigenvalue weighted by molar-refractivity contribution is 6.31. The summed E-state index contributed by atoms with van der Waals surface area (Å²) in [5.41, 5.74) is 3.43. The summed E-state index contributed by atoms with van der Waals surface area (Å²) in [5.74, 6) is 0.737. The summed E-state index contributed by atoms with van der Waals surface area (Å²) < 4.78 is 5.52. The Hall–Kier alpha value is -2.04. The van der Waals surface area contributed by atoms with Crippen LogP contribution in [0.5, 0.6) is 0 Å². The second-order valence-electron chi connectivity index (χ2n) is 5.28. The second-order valence-corrected chi connectivity index (χ2v) is 5.68. The molecule has 0 aromatic heterocycles. The Kier molecular flexibility index (Phi) is 7.59. The van der Waals surface area contributed by atoms with Crippen LogP contribution in [-0.4, -0.2) is 19.6 Å². The Morgan fingerprint density at radius 2 is 1.54 bits per heavy atom. The fraction of sp³-hybridized carbons (Fsp3) is 0.316. The number of rotatable bonds is 7. The van der Waals surface area contributed by atoms with Crippen LogP contribution in [0.3, 0.4) is 0 Å². The highest BCUT2D eigenvalue weighted by Gasteiger charge is 2.05. The normalized spacial score (nSPS) is 11.4. The second kappa shape index (κ2) is 9.96. The van der Waals surface area contributed by atoms with E-state index in [0.717, 1.165) is 16.5 Å². The van der Waals surface area contributed by atoms with Gasteiger partial charge in [-0.15, -0.1) is 0 Å². The maximum absolute atomic E-state index is 6.18. The molecule has 2 aromatic rings. The Labute approximate surface area is 148 Å². The molecule has 0 atom stereocenters. The molecule has 128 valence electrons. The van der Waals surface area contributed by atoms with Crippen molar-refractivity contribution < 1.29 is 4.74 Å². The zero-order chi connectivity index (χ0) is 17.2. The molecule has 0 amide bonds. The molecule has 5 heteroatoms. The van der Waals surface area contributed by atoms with Crippen molar-refractivity contribution in [3.8, 4) is 0 Å². The number of halogens is 1. The Morgan fingerprint density at radius 1 is 0.958 bits per heavy atom. The summed E-state index contributed by atoms with van der Waals surface area (Å²) in [6.07, 6.45) is 0. The highest BCUT2D eigenvalue weighted by Crippen LogP contribution is 2.14. The van der Waals surface area contributed by atoms with Gasteiger partial charge in [-0.25, -0.2) is 0 Å². The summed E-state index contributed by atoms with van der Waals surface area (Å²) in [7, 11) is 1.76. The molecule has 0 bridgehead atoms. The first-order valence-electron chi connectivity index (χ1n) is 8.07. The van der Waals surface area contributed by atoms with Crippen molar-refractivity contribution in [2.45, 2.75) is 26.6 Å². The number of ether oxygens (including phenoxy) is 1. The zero-order valence-corrected chi connectivity index (χ0v) is 14.9. The molecule has 0 aliphatic carbocycles. The first kappa shape index (κ1) is 18.3. The standard InChI is InChI=1S/C19H24ClN3O/c1-3-24-14-17-10-5-4-8-15(17)12-22-19(21-2)23-13-16-9-6-7-11-18(16)20/h4-11H,3,12-14H2,1-2H3,(H2,21,22,23). The molecule has 0 fully saturated rings. The molecule has 0 saturated carbocycles. The van der Waals surface area contributed by atoms with Crippen molar-refractivity contribution in [2.75, 3.05) is 13.7 Å². The lowest BCUT2D eigenvalue weighted by atomic mass is 10.1. The van der Waals surface area contributed by atoms with E-state index in [9.17, 15) is 0 Å².